The van der Waals surface area contributed by atoms with Crippen LogP contribution in [0.4, 0.5) is 0 Å². The molecule has 0 radical (unpaired) electrons. The zero-order valence-corrected chi connectivity index (χ0v) is 12.3. The summed E-state index contributed by atoms with van der Waals surface area (Å²) in [6.07, 6.45) is 3.30. The summed E-state index contributed by atoms with van der Waals surface area (Å²) in [6.45, 7) is 2.31. The maximum absolute atomic E-state index is 12.4. The van der Waals surface area contributed by atoms with Crippen molar-refractivity contribution < 1.29 is 0 Å². The van der Waals surface area contributed by atoms with E-state index in [0.717, 1.165) is 16.8 Å². The van der Waals surface area contributed by atoms with Crippen LogP contribution in [0.25, 0.3) is 5.69 Å². The van der Waals surface area contributed by atoms with Crippen molar-refractivity contribution in [1.82, 2.24) is 9.13 Å². The summed E-state index contributed by atoms with van der Waals surface area (Å²) in [5, 5.41) is 0. The second-order valence-corrected chi connectivity index (χ2v) is 5.18. The average Bonchev–Trinajstić information content (AvgIpc) is 2.54. The van der Waals surface area contributed by atoms with E-state index in [0.29, 0.717) is 6.54 Å². The molecule has 0 fully saturated rings. The summed E-state index contributed by atoms with van der Waals surface area (Å²) < 4.78 is 2.84. The van der Waals surface area contributed by atoms with Crippen molar-refractivity contribution in [1.29, 1.82) is 0 Å². The molecule has 0 amide bonds. The van der Waals surface area contributed by atoms with Gasteiger partial charge in [0.2, 0.25) is 0 Å². The molecule has 0 unspecified atom stereocenters. The summed E-state index contributed by atoms with van der Waals surface area (Å²) in [5.41, 5.74) is 1.61. The lowest BCUT2D eigenvalue weighted by Gasteiger charge is -2.11. The maximum atomic E-state index is 12.4. The topological polar surface area (TPSA) is 44.0 Å². The number of aromatic nitrogens is 2. The number of nitrogens with zero attached hydrogens (tertiary/aromatic N) is 2. The summed E-state index contributed by atoms with van der Waals surface area (Å²) in [6, 6.07) is 17.1. The van der Waals surface area contributed by atoms with Crippen molar-refractivity contribution in [3.63, 3.8) is 0 Å². The van der Waals surface area contributed by atoms with Crippen LogP contribution in [0.1, 0.15) is 11.1 Å². The van der Waals surface area contributed by atoms with E-state index in [9.17, 15) is 9.59 Å². The molecule has 0 aliphatic carbocycles. The van der Waals surface area contributed by atoms with Gasteiger partial charge in [-0.1, -0.05) is 48.5 Å². The highest BCUT2D eigenvalue weighted by molar-refractivity contribution is 5.39. The van der Waals surface area contributed by atoms with Crippen LogP contribution in [-0.2, 0) is 6.54 Å². The summed E-state index contributed by atoms with van der Waals surface area (Å²) in [7, 11) is 0. The summed E-state index contributed by atoms with van der Waals surface area (Å²) >= 11 is 0. The number of benzene rings is 2. The first-order chi connectivity index (χ1) is 10.7. The van der Waals surface area contributed by atoms with Crippen LogP contribution in [0.15, 0.2) is 76.6 Å². The predicted molar refractivity (Wildman–Crippen MR) is 86.6 cm³/mol. The van der Waals surface area contributed by atoms with Crippen LogP contribution in [0.2, 0.25) is 0 Å². The highest BCUT2D eigenvalue weighted by Gasteiger charge is 2.08. The molecule has 0 aliphatic heterocycles. The van der Waals surface area contributed by atoms with E-state index in [2.05, 4.69) is 0 Å². The molecule has 3 rings (SSSR count). The minimum atomic E-state index is -0.535. The SMILES string of the molecule is Cc1ccccc1-n1ccn(Cc2ccccc2)c(=O)c1=O. The molecule has 22 heavy (non-hydrogen) atoms. The molecule has 1 heterocycles. The monoisotopic (exact) mass is 292 g/mol. The molecule has 2 aromatic carbocycles. The van der Waals surface area contributed by atoms with Crippen LogP contribution < -0.4 is 11.1 Å². The number of hydrogen-bond donors (Lipinski definition) is 0. The Labute approximate surface area is 127 Å². The number of rotatable bonds is 3. The summed E-state index contributed by atoms with van der Waals surface area (Å²) in [4.78, 5) is 24.7. The van der Waals surface area contributed by atoms with E-state index in [1.807, 2.05) is 61.5 Å². The lowest BCUT2D eigenvalue weighted by Crippen LogP contribution is -2.40. The van der Waals surface area contributed by atoms with E-state index in [1.54, 1.807) is 12.4 Å². The molecule has 3 aromatic rings. The van der Waals surface area contributed by atoms with E-state index in [-0.39, 0.29) is 0 Å². The molecule has 0 atom stereocenters. The van der Waals surface area contributed by atoms with E-state index < -0.39 is 11.1 Å². The van der Waals surface area contributed by atoms with Gasteiger partial charge in [-0.25, -0.2) is 0 Å². The van der Waals surface area contributed by atoms with E-state index in [4.69, 9.17) is 0 Å². The van der Waals surface area contributed by atoms with Crippen LogP contribution in [0.3, 0.4) is 0 Å². The molecule has 0 saturated carbocycles. The fraction of sp³-hybridized carbons (Fsp3) is 0.111. The van der Waals surface area contributed by atoms with Gasteiger partial charge in [0.15, 0.2) is 0 Å². The Kier molecular flexibility index (Phi) is 3.74. The third kappa shape index (κ3) is 2.63. The normalized spacial score (nSPS) is 10.6. The van der Waals surface area contributed by atoms with Crippen LogP contribution in [0, 0.1) is 6.92 Å². The molecule has 0 N–H and O–H groups in total. The van der Waals surface area contributed by atoms with Gasteiger partial charge in [-0.15, -0.1) is 0 Å². The van der Waals surface area contributed by atoms with Gasteiger partial charge in [0, 0.05) is 12.4 Å². The highest BCUT2D eigenvalue weighted by Crippen LogP contribution is 2.10. The van der Waals surface area contributed by atoms with Gasteiger partial charge in [-0.3, -0.25) is 14.2 Å². The lowest BCUT2D eigenvalue weighted by molar-refractivity contribution is 0.717. The molecule has 1 aromatic heterocycles. The van der Waals surface area contributed by atoms with Gasteiger partial charge in [0.25, 0.3) is 0 Å². The third-order valence-corrected chi connectivity index (χ3v) is 3.63. The predicted octanol–water partition coefficient (Wildman–Crippen LogP) is 2.36. The van der Waals surface area contributed by atoms with Crippen LogP contribution >= 0.6 is 0 Å². The smallest absolute Gasteiger partial charge is 0.305 e. The van der Waals surface area contributed by atoms with Gasteiger partial charge in [0.05, 0.1) is 12.2 Å². The van der Waals surface area contributed by atoms with Gasteiger partial charge >= 0.3 is 11.1 Å². The van der Waals surface area contributed by atoms with E-state index in [1.165, 1.54) is 9.13 Å². The van der Waals surface area contributed by atoms with Crippen LogP contribution in [0.5, 0.6) is 0 Å². The van der Waals surface area contributed by atoms with Crippen LogP contribution in [-0.4, -0.2) is 9.13 Å². The molecule has 0 bridgehead atoms. The molecule has 4 heteroatoms. The number of aryl methyl sites for hydroxylation is 1. The number of para-hydroxylation sites is 1. The Balaban J connectivity index is 2.05. The van der Waals surface area contributed by atoms with Gasteiger partial charge in [-0.2, -0.15) is 0 Å². The second kappa shape index (κ2) is 5.85. The first kappa shape index (κ1) is 14.1. The fourth-order valence-corrected chi connectivity index (χ4v) is 2.44. The summed E-state index contributed by atoms with van der Waals surface area (Å²) in [5.74, 6) is 0. The molecule has 0 spiro atoms. The molecule has 0 saturated heterocycles. The Morgan fingerprint density at radius 1 is 0.818 bits per heavy atom. The third-order valence-electron chi connectivity index (χ3n) is 3.63. The molecule has 4 nitrogen and oxygen atoms in total. The van der Waals surface area contributed by atoms with Crippen molar-refractivity contribution >= 4 is 0 Å². The average molecular weight is 292 g/mol. The maximum Gasteiger partial charge on any atom is 0.320 e. The first-order valence-electron chi connectivity index (χ1n) is 7.09. The van der Waals surface area contributed by atoms with Crippen molar-refractivity contribution in [2.24, 2.45) is 0 Å². The molecular weight excluding hydrogens is 276 g/mol. The Hall–Kier alpha value is -2.88. The van der Waals surface area contributed by atoms with E-state index >= 15 is 0 Å². The minimum Gasteiger partial charge on any atom is -0.305 e. The molecule has 0 aliphatic rings. The Morgan fingerprint density at radius 3 is 2.23 bits per heavy atom. The highest BCUT2D eigenvalue weighted by atomic mass is 16.2. The quantitative estimate of drug-likeness (QED) is 0.696. The first-order valence-corrected chi connectivity index (χ1v) is 7.09. The standard InChI is InChI=1S/C18H16N2O2/c1-14-7-5-6-10-16(14)20-12-11-19(17(21)18(20)22)13-15-8-3-2-4-9-15/h2-12H,13H2,1H3. The minimum absolute atomic E-state index is 0.392. The van der Waals surface area contributed by atoms with Gasteiger partial charge < -0.3 is 4.57 Å². The zero-order chi connectivity index (χ0) is 15.5. The second-order valence-electron chi connectivity index (χ2n) is 5.18. The fourth-order valence-electron chi connectivity index (χ4n) is 2.44. The molecule has 110 valence electrons. The lowest BCUT2D eigenvalue weighted by atomic mass is 10.2. The van der Waals surface area contributed by atoms with Crippen molar-refractivity contribution in [2.75, 3.05) is 0 Å². The van der Waals surface area contributed by atoms with Gasteiger partial charge in [-0.05, 0) is 24.1 Å². The van der Waals surface area contributed by atoms with Gasteiger partial charge in [0.1, 0.15) is 0 Å². The zero-order valence-electron chi connectivity index (χ0n) is 12.3. The molecular formula is C18H16N2O2. The van der Waals surface area contributed by atoms with Crippen molar-refractivity contribution in [2.45, 2.75) is 13.5 Å². The number of hydrogen-bond acceptors (Lipinski definition) is 2. The van der Waals surface area contributed by atoms with Crippen molar-refractivity contribution in [3.8, 4) is 5.69 Å². The Bertz CT molecular complexity index is 908. The largest absolute Gasteiger partial charge is 0.320 e. The Morgan fingerprint density at radius 2 is 1.50 bits per heavy atom. The van der Waals surface area contributed by atoms with Crippen molar-refractivity contribution in [3.05, 3.63) is 98.8 Å².